The second-order valence-electron chi connectivity index (χ2n) is 4.96. The van der Waals surface area contributed by atoms with Crippen LogP contribution in [-0.2, 0) is 6.54 Å². The average Bonchev–Trinajstić information content (AvgIpc) is 2.81. The van der Waals surface area contributed by atoms with E-state index in [9.17, 15) is 0 Å². The van der Waals surface area contributed by atoms with E-state index < -0.39 is 0 Å². The van der Waals surface area contributed by atoms with Crippen molar-refractivity contribution >= 4 is 0 Å². The molecule has 0 saturated carbocycles. The largest absolute Gasteiger partial charge is 0.316 e. The van der Waals surface area contributed by atoms with E-state index in [4.69, 9.17) is 0 Å². The Labute approximate surface area is 104 Å². The summed E-state index contributed by atoms with van der Waals surface area (Å²) >= 11 is 0. The Kier molecular flexibility index (Phi) is 4.51. The zero-order valence-electron chi connectivity index (χ0n) is 10.9. The van der Waals surface area contributed by atoms with Gasteiger partial charge >= 0.3 is 0 Å². The van der Waals surface area contributed by atoms with Crippen LogP contribution in [0, 0.1) is 12.8 Å². The van der Waals surface area contributed by atoms with E-state index in [1.54, 1.807) is 0 Å². The lowest BCUT2D eigenvalue weighted by molar-refractivity contribution is 0.238. The topological polar surface area (TPSA) is 28.2 Å². The van der Waals surface area contributed by atoms with Crippen LogP contribution in [0.25, 0.3) is 0 Å². The minimum absolute atomic E-state index is 0.819. The number of hydrogen-bond donors (Lipinski definition) is 1. The van der Waals surface area contributed by atoms with Gasteiger partial charge in [0, 0.05) is 18.8 Å². The molecule has 1 aliphatic rings. The molecule has 1 atom stereocenters. The van der Waals surface area contributed by atoms with Gasteiger partial charge in [-0.1, -0.05) is 13.0 Å². The second kappa shape index (κ2) is 6.12. The lowest BCUT2D eigenvalue weighted by Crippen LogP contribution is -2.30. The fourth-order valence-corrected chi connectivity index (χ4v) is 2.46. The van der Waals surface area contributed by atoms with Crippen LogP contribution in [-0.4, -0.2) is 36.1 Å². The van der Waals surface area contributed by atoms with Crippen LogP contribution in [0.1, 0.15) is 24.7 Å². The summed E-state index contributed by atoms with van der Waals surface area (Å²) in [6.07, 6.45) is 1.32. The van der Waals surface area contributed by atoms with Crippen LogP contribution >= 0.6 is 0 Å². The lowest BCUT2D eigenvalue weighted by Gasteiger charge is -2.23. The fraction of sp³-hybridized carbons (Fsp3) is 0.643. The Bertz CT molecular complexity index is 345. The number of aromatic nitrogens is 1. The first-order valence-corrected chi connectivity index (χ1v) is 6.63. The molecule has 1 N–H and O–H groups in total. The third kappa shape index (κ3) is 3.79. The molecule has 0 radical (unpaired) electrons. The van der Waals surface area contributed by atoms with Crippen LogP contribution in [0.15, 0.2) is 18.2 Å². The number of aryl methyl sites for hydroxylation is 1. The predicted molar refractivity (Wildman–Crippen MR) is 70.9 cm³/mol. The van der Waals surface area contributed by atoms with Gasteiger partial charge < -0.3 is 5.32 Å². The van der Waals surface area contributed by atoms with Crippen molar-refractivity contribution in [2.45, 2.75) is 26.8 Å². The van der Waals surface area contributed by atoms with Gasteiger partial charge in [-0.15, -0.1) is 0 Å². The highest BCUT2D eigenvalue weighted by Crippen LogP contribution is 2.11. The SMILES string of the molecule is CCN(Cc1cccc(C)n1)CC1CCNC1. The van der Waals surface area contributed by atoms with Crippen molar-refractivity contribution in [3.63, 3.8) is 0 Å². The summed E-state index contributed by atoms with van der Waals surface area (Å²) in [5.74, 6) is 0.819. The van der Waals surface area contributed by atoms with E-state index in [1.165, 1.54) is 31.7 Å². The summed E-state index contributed by atoms with van der Waals surface area (Å²) in [7, 11) is 0. The summed E-state index contributed by atoms with van der Waals surface area (Å²) in [4.78, 5) is 7.08. The van der Waals surface area contributed by atoms with E-state index in [0.29, 0.717) is 0 Å². The first-order valence-electron chi connectivity index (χ1n) is 6.63. The van der Waals surface area contributed by atoms with Crippen molar-refractivity contribution in [1.29, 1.82) is 0 Å². The monoisotopic (exact) mass is 233 g/mol. The Balaban J connectivity index is 1.90. The van der Waals surface area contributed by atoms with Crippen LogP contribution in [0.5, 0.6) is 0 Å². The molecule has 0 amide bonds. The van der Waals surface area contributed by atoms with Crippen molar-refractivity contribution in [3.05, 3.63) is 29.6 Å². The van der Waals surface area contributed by atoms with Gasteiger partial charge in [-0.05, 0) is 51.0 Å². The van der Waals surface area contributed by atoms with Gasteiger partial charge in [-0.2, -0.15) is 0 Å². The maximum atomic E-state index is 4.58. The van der Waals surface area contributed by atoms with Crippen molar-refractivity contribution in [3.8, 4) is 0 Å². The first kappa shape index (κ1) is 12.5. The molecule has 1 unspecified atom stereocenters. The van der Waals surface area contributed by atoms with Crippen molar-refractivity contribution in [1.82, 2.24) is 15.2 Å². The predicted octanol–water partition coefficient (Wildman–Crippen LogP) is 1.82. The van der Waals surface area contributed by atoms with E-state index in [1.807, 2.05) is 0 Å². The molecular weight excluding hydrogens is 210 g/mol. The first-order chi connectivity index (χ1) is 8.28. The molecule has 0 bridgehead atoms. The third-order valence-corrected chi connectivity index (χ3v) is 3.46. The molecule has 2 rings (SSSR count). The third-order valence-electron chi connectivity index (χ3n) is 3.46. The highest BCUT2D eigenvalue weighted by Gasteiger charge is 2.17. The van der Waals surface area contributed by atoms with Crippen molar-refractivity contribution in [2.75, 3.05) is 26.2 Å². The zero-order chi connectivity index (χ0) is 12.1. The van der Waals surface area contributed by atoms with Gasteiger partial charge in [-0.25, -0.2) is 0 Å². The van der Waals surface area contributed by atoms with Crippen LogP contribution in [0.2, 0.25) is 0 Å². The van der Waals surface area contributed by atoms with E-state index in [2.05, 4.69) is 47.2 Å². The van der Waals surface area contributed by atoms with Crippen LogP contribution in [0.4, 0.5) is 0 Å². The molecule has 0 aliphatic carbocycles. The molecule has 1 aromatic rings. The minimum atomic E-state index is 0.819. The van der Waals surface area contributed by atoms with Gasteiger partial charge in [-0.3, -0.25) is 9.88 Å². The van der Waals surface area contributed by atoms with Crippen LogP contribution < -0.4 is 5.32 Å². The van der Waals surface area contributed by atoms with Gasteiger partial charge in [0.1, 0.15) is 0 Å². The van der Waals surface area contributed by atoms with Crippen molar-refractivity contribution < 1.29 is 0 Å². The molecule has 1 fully saturated rings. The quantitative estimate of drug-likeness (QED) is 0.841. The normalized spacial score (nSPS) is 20.1. The Morgan fingerprint density at radius 2 is 2.35 bits per heavy atom. The van der Waals surface area contributed by atoms with Crippen LogP contribution in [0.3, 0.4) is 0 Å². The molecule has 1 aliphatic heterocycles. The number of nitrogens with one attached hydrogen (secondary N) is 1. The van der Waals surface area contributed by atoms with Gasteiger partial charge in [0.2, 0.25) is 0 Å². The van der Waals surface area contributed by atoms with Crippen molar-refractivity contribution in [2.24, 2.45) is 5.92 Å². The highest BCUT2D eigenvalue weighted by atomic mass is 15.1. The summed E-state index contributed by atoms with van der Waals surface area (Å²) in [5, 5.41) is 3.43. The lowest BCUT2D eigenvalue weighted by atomic mass is 10.1. The highest BCUT2D eigenvalue weighted by molar-refractivity contribution is 5.09. The zero-order valence-corrected chi connectivity index (χ0v) is 10.9. The molecule has 1 aromatic heterocycles. The smallest absolute Gasteiger partial charge is 0.0547 e. The second-order valence-corrected chi connectivity index (χ2v) is 4.96. The number of hydrogen-bond acceptors (Lipinski definition) is 3. The standard InChI is InChI=1S/C14H23N3/c1-3-17(10-13-7-8-15-9-13)11-14-6-4-5-12(2)16-14/h4-6,13,15H,3,7-11H2,1-2H3. The van der Waals surface area contributed by atoms with Gasteiger partial charge in [0.05, 0.1) is 5.69 Å². The fourth-order valence-electron chi connectivity index (χ4n) is 2.46. The molecular formula is C14H23N3. The van der Waals surface area contributed by atoms with E-state index in [0.717, 1.165) is 24.7 Å². The maximum Gasteiger partial charge on any atom is 0.0547 e. The maximum absolute atomic E-state index is 4.58. The van der Waals surface area contributed by atoms with E-state index >= 15 is 0 Å². The van der Waals surface area contributed by atoms with Gasteiger partial charge in [0.25, 0.3) is 0 Å². The molecule has 0 spiro atoms. The summed E-state index contributed by atoms with van der Waals surface area (Å²) < 4.78 is 0. The Morgan fingerprint density at radius 1 is 1.47 bits per heavy atom. The molecule has 17 heavy (non-hydrogen) atoms. The Morgan fingerprint density at radius 3 is 3.00 bits per heavy atom. The molecule has 3 nitrogen and oxygen atoms in total. The number of nitrogens with zero attached hydrogens (tertiary/aromatic N) is 2. The molecule has 0 aromatic carbocycles. The molecule has 3 heteroatoms. The molecule has 2 heterocycles. The summed E-state index contributed by atoms with van der Waals surface area (Å²) in [6.45, 7) is 9.93. The van der Waals surface area contributed by atoms with E-state index in [-0.39, 0.29) is 0 Å². The van der Waals surface area contributed by atoms with Gasteiger partial charge in [0.15, 0.2) is 0 Å². The number of rotatable bonds is 5. The molecule has 94 valence electrons. The average molecular weight is 233 g/mol. The number of pyridine rings is 1. The minimum Gasteiger partial charge on any atom is -0.316 e. The summed E-state index contributed by atoms with van der Waals surface area (Å²) in [6, 6.07) is 6.28. The summed E-state index contributed by atoms with van der Waals surface area (Å²) in [5.41, 5.74) is 2.30. The Hall–Kier alpha value is -0.930. The molecule has 1 saturated heterocycles.